The van der Waals surface area contributed by atoms with Crippen molar-refractivity contribution in [3.63, 3.8) is 0 Å². The van der Waals surface area contributed by atoms with Gasteiger partial charge in [0, 0.05) is 0 Å². The second-order valence-corrected chi connectivity index (χ2v) is 1.98. The van der Waals surface area contributed by atoms with Crippen molar-refractivity contribution in [2.75, 3.05) is 0 Å². The smallest absolute Gasteiger partial charge is 1.00 e. The third kappa shape index (κ3) is 2.46. The molecule has 0 saturated carbocycles. The monoisotopic (exact) mass is 194 g/mol. The summed E-state index contributed by atoms with van der Waals surface area (Å²) in [6.45, 7) is 0. The molecule has 1 aromatic carbocycles. The predicted molar refractivity (Wildman–Crippen MR) is 37.8 cm³/mol. The van der Waals surface area contributed by atoms with Crippen molar-refractivity contribution in [2.24, 2.45) is 0 Å². The van der Waals surface area contributed by atoms with Gasteiger partial charge in [-0.05, 0) is 12.1 Å². The Hall–Kier alpha value is -0.0736. The Morgan fingerprint density at radius 3 is 1.92 bits per heavy atom. The molecule has 4 nitrogen and oxygen atoms in total. The minimum atomic E-state index is -1.35. The van der Waals surface area contributed by atoms with Crippen LogP contribution in [0.3, 0.4) is 0 Å². The molecular formula is C7H7KO4. The molecule has 0 aliphatic heterocycles. The summed E-state index contributed by atoms with van der Waals surface area (Å²) in [5.41, 5.74) is -0.465. The van der Waals surface area contributed by atoms with Crippen LogP contribution in [0.15, 0.2) is 18.2 Å². The van der Waals surface area contributed by atoms with E-state index in [1.165, 1.54) is 18.2 Å². The van der Waals surface area contributed by atoms with E-state index in [-0.39, 0.29) is 52.8 Å². The molecule has 0 unspecified atom stereocenters. The molecule has 1 rings (SSSR count). The number of aromatic carboxylic acids is 1. The van der Waals surface area contributed by atoms with Gasteiger partial charge in [0.2, 0.25) is 0 Å². The van der Waals surface area contributed by atoms with Crippen LogP contribution >= 0.6 is 0 Å². The number of benzene rings is 1. The minimum Gasteiger partial charge on any atom is -1.00 e. The van der Waals surface area contributed by atoms with Crippen LogP contribution in [0, 0.1) is 0 Å². The third-order valence-electron chi connectivity index (χ3n) is 1.23. The largest absolute Gasteiger partial charge is 1.00 e. The first-order valence-corrected chi connectivity index (χ1v) is 2.87. The van der Waals surface area contributed by atoms with Gasteiger partial charge in [-0.15, -0.1) is 0 Å². The van der Waals surface area contributed by atoms with Crippen LogP contribution in [0.2, 0.25) is 0 Å². The molecule has 0 aliphatic rings. The Labute approximate surface area is 113 Å². The Kier molecular flexibility index (Phi) is 4.80. The molecule has 0 radical (unpaired) electrons. The maximum atomic E-state index is 10.3. The van der Waals surface area contributed by atoms with Gasteiger partial charge in [0.05, 0.1) is 0 Å². The summed E-state index contributed by atoms with van der Waals surface area (Å²) in [6.07, 6.45) is 0. The van der Waals surface area contributed by atoms with Crippen LogP contribution in [0.1, 0.15) is 11.8 Å². The van der Waals surface area contributed by atoms with Crippen molar-refractivity contribution in [1.82, 2.24) is 0 Å². The molecule has 0 amide bonds. The number of rotatable bonds is 1. The van der Waals surface area contributed by atoms with Gasteiger partial charge in [-0.2, -0.15) is 0 Å². The van der Waals surface area contributed by atoms with Crippen LogP contribution in [0.25, 0.3) is 0 Å². The predicted octanol–water partition coefficient (Wildman–Crippen LogP) is -2.09. The topological polar surface area (TPSA) is 77.8 Å². The Bertz CT molecular complexity index is 282. The standard InChI is InChI=1S/C7H6O4.K.H/c8-4-2-1-3-5(9)6(4)7(10)11;;/h1-3,8-9H,(H,10,11);;/q;+1;-1. The summed E-state index contributed by atoms with van der Waals surface area (Å²) >= 11 is 0. The fraction of sp³-hybridized carbons (Fsp3) is 0. The van der Waals surface area contributed by atoms with Gasteiger partial charge in [-0.3, -0.25) is 0 Å². The van der Waals surface area contributed by atoms with Gasteiger partial charge in [0.25, 0.3) is 0 Å². The van der Waals surface area contributed by atoms with Gasteiger partial charge in [-0.1, -0.05) is 6.07 Å². The summed E-state index contributed by atoms with van der Waals surface area (Å²) in [5.74, 6) is -2.21. The SMILES string of the molecule is O=C(O)c1c(O)cccc1O.[H-].[K+]. The summed E-state index contributed by atoms with van der Waals surface area (Å²) in [5, 5.41) is 26.3. The molecule has 0 saturated heterocycles. The van der Waals surface area contributed by atoms with Gasteiger partial charge >= 0.3 is 57.4 Å². The fourth-order valence-corrected chi connectivity index (χ4v) is 0.747. The molecular weight excluding hydrogens is 187 g/mol. The second-order valence-electron chi connectivity index (χ2n) is 1.98. The van der Waals surface area contributed by atoms with Crippen LogP contribution in [-0.4, -0.2) is 21.3 Å². The van der Waals surface area contributed by atoms with Crippen molar-refractivity contribution < 1.29 is 72.9 Å². The zero-order valence-electron chi connectivity index (χ0n) is 7.48. The number of hydrogen-bond donors (Lipinski definition) is 3. The van der Waals surface area contributed by atoms with E-state index < -0.39 is 23.0 Å². The van der Waals surface area contributed by atoms with E-state index in [1.807, 2.05) is 0 Å². The van der Waals surface area contributed by atoms with Crippen molar-refractivity contribution in [3.8, 4) is 11.5 Å². The van der Waals surface area contributed by atoms with Crippen molar-refractivity contribution in [1.29, 1.82) is 0 Å². The summed E-state index contributed by atoms with van der Waals surface area (Å²) in [7, 11) is 0. The average Bonchev–Trinajstić information content (AvgIpc) is 1.85. The van der Waals surface area contributed by atoms with Crippen molar-refractivity contribution >= 4 is 5.97 Å². The summed E-state index contributed by atoms with van der Waals surface area (Å²) < 4.78 is 0. The molecule has 0 bridgehead atoms. The number of carbonyl (C=O) groups is 1. The minimum absolute atomic E-state index is 0. The molecule has 0 aromatic heterocycles. The van der Waals surface area contributed by atoms with Crippen LogP contribution in [-0.2, 0) is 0 Å². The van der Waals surface area contributed by atoms with Crippen LogP contribution < -0.4 is 51.4 Å². The number of aromatic hydroxyl groups is 2. The van der Waals surface area contributed by atoms with E-state index >= 15 is 0 Å². The van der Waals surface area contributed by atoms with Crippen LogP contribution in [0.4, 0.5) is 0 Å². The van der Waals surface area contributed by atoms with E-state index in [2.05, 4.69) is 0 Å². The molecule has 3 N–H and O–H groups in total. The third-order valence-corrected chi connectivity index (χ3v) is 1.23. The Morgan fingerprint density at radius 1 is 1.25 bits per heavy atom. The normalized spacial score (nSPS) is 8.67. The number of hydrogen-bond acceptors (Lipinski definition) is 3. The molecule has 12 heavy (non-hydrogen) atoms. The Balaban J connectivity index is 0. The Morgan fingerprint density at radius 2 is 1.67 bits per heavy atom. The first-order valence-electron chi connectivity index (χ1n) is 2.87. The molecule has 0 heterocycles. The molecule has 0 aliphatic carbocycles. The molecule has 60 valence electrons. The molecule has 0 fully saturated rings. The summed E-state index contributed by atoms with van der Waals surface area (Å²) in [6, 6.07) is 3.75. The van der Waals surface area contributed by atoms with E-state index in [9.17, 15) is 4.79 Å². The maximum absolute atomic E-state index is 10.3. The first kappa shape index (κ1) is 11.9. The zero-order chi connectivity index (χ0) is 8.43. The molecule has 1 aromatic rings. The van der Waals surface area contributed by atoms with Crippen LogP contribution in [0.5, 0.6) is 11.5 Å². The average molecular weight is 194 g/mol. The number of phenols is 2. The summed E-state index contributed by atoms with van der Waals surface area (Å²) in [4.78, 5) is 10.3. The van der Waals surface area contributed by atoms with E-state index in [1.54, 1.807) is 0 Å². The van der Waals surface area contributed by atoms with Crippen molar-refractivity contribution in [3.05, 3.63) is 23.8 Å². The van der Waals surface area contributed by atoms with E-state index in [0.717, 1.165) is 0 Å². The van der Waals surface area contributed by atoms with Crippen molar-refractivity contribution in [2.45, 2.75) is 0 Å². The molecule has 0 spiro atoms. The van der Waals surface area contributed by atoms with Gasteiger partial charge in [0.1, 0.15) is 17.1 Å². The maximum Gasteiger partial charge on any atom is 1.00 e. The molecule has 5 heteroatoms. The zero-order valence-corrected chi connectivity index (χ0v) is 9.61. The van der Waals surface area contributed by atoms with E-state index in [0.29, 0.717) is 0 Å². The van der Waals surface area contributed by atoms with E-state index in [4.69, 9.17) is 15.3 Å². The fourth-order valence-electron chi connectivity index (χ4n) is 0.747. The number of carboxylic acids is 1. The number of carboxylic acid groups (broad SMARTS) is 1. The van der Waals surface area contributed by atoms with Gasteiger partial charge in [-0.25, -0.2) is 4.79 Å². The second kappa shape index (κ2) is 4.83. The van der Waals surface area contributed by atoms with Gasteiger partial charge in [0.15, 0.2) is 0 Å². The molecule has 0 atom stereocenters. The van der Waals surface area contributed by atoms with Gasteiger partial charge < -0.3 is 16.7 Å². The first-order chi connectivity index (χ1) is 5.13. The quantitative estimate of drug-likeness (QED) is 0.448.